The molecule has 0 bridgehead atoms. The third-order valence-corrected chi connectivity index (χ3v) is 5.32. The lowest BCUT2D eigenvalue weighted by atomic mass is 10.1. The van der Waals surface area contributed by atoms with Crippen molar-refractivity contribution in [2.45, 2.75) is 32.7 Å². The van der Waals surface area contributed by atoms with Gasteiger partial charge in [0, 0.05) is 51.0 Å². The van der Waals surface area contributed by atoms with Crippen LogP contribution >= 0.6 is 0 Å². The van der Waals surface area contributed by atoms with Crippen LogP contribution in [0.1, 0.15) is 30.9 Å². The Bertz CT molecular complexity index is 808. The Morgan fingerprint density at radius 2 is 1.85 bits per heavy atom. The average Bonchev–Trinajstić information content (AvgIpc) is 2.69. The van der Waals surface area contributed by atoms with E-state index in [2.05, 4.69) is 58.5 Å². The number of nitrogens with zero attached hydrogens (tertiary/aromatic N) is 4. The van der Waals surface area contributed by atoms with Crippen molar-refractivity contribution in [3.8, 4) is 0 Å². The van der Waals surface area contributed by atoms with Crippen molar-refractivity contribution >= 4 is 11.4 Å². The third kappa shape index (κ3) is 4.69. The predicted octanol–water partition coefficient (Wildman–Crippen LogP) is 2.49. The maximum atomic E-state index is 12.5. The molecule has 1 aromatic carbocycles. The van der Waals surface area contributed by atoms with Gasteiger partial charge in [-0.1, -0.05) is 31.5 Å². The zero-order valence-electron chi connectivity index (χ0n) is 16.7. The standard InChI is InChI=1S/C21H31N5O/c1-4-5-9-18-19(16-23-25(3)21(18)27)22-15-17-8-6-7-10-20(17)26-13-11-24(2)12-14-26/h6-8,10,16,22H,4-5,9,11-15H2,1-3H3. The van der Waals surface area contributed by atoms with E-state index >= 15 is 0 Å². The van der Waals surface area contributed by atoms with Gasteiger partial charge in [0.05, 0.1) is 11.9 Å². The van der Waals surface area contributed by atoms with Crippen molar-refractivity contribution in [3.63, 3.8) is 0 Å². The smallest absolute Gasteiger partial charge is 0.271 e. The molecule has 146 valence electrons. The molecule has 0 saturated carbocycles. The van der Waals surface area contributed by atoms with Crippen molar-refractivity contribution < 1.29 is 0 Å². The van der Waals surface area contributed by atoms with Crippen molar-refractivity contribution in [3.05, 3.63) is 51.9 Å². The van der Waals surface area contributed by atoms with Crippen LogP contribution in [0.2, 0.25) is 0 Å². The lowest BCUT2D eigenvalue weighted by Gasteiger charge is -2.35. The molecule has 0 atom stereocenters. The van der Waals surface area contributed by atoms with E-state index in [-0.39, 0.29) is 5.56 Å². The van der Waals surface area contributed by atoms with Gasteiger partial charge < -0.3 is 15.1 Å². The van der Waals surface area contributed by atoms with E-state index in [0.29, 0.717) is 6.54 Å². The Morgan fingerprint density at radius 3 is 2.59 bits per heavy atom. The van der Waals surface area contributed by atoms with E-state index < -0.39 is 0 Å². The van der Waals surface area contributed by atoms with Crippen LogP contribution in [-0.2, 0) is 20.0 Å². The second-order valence-corrected chi connectivity index (χ2v) is 7.34. The molecule has 0 unspecified atom stereocenters. The molecule has 0 amide bonds. The summed E-state index contributed by atoms with van der Waals surface area (Å²) in [6.07, 6.45) is 4.64. The Balaban J connectivity index is 1.78. The fraction of sp³-hybridized carbons (Fsp3) is 0.524. The zero-order chi connectivity index (χ0) is 19.2. The highest BCUT2D eigenvalue weighted by Gasteiger charge is 2.17. The normalized spacial score (nSPS) is 15.1. The van der Waals surface area contributed by atoms with Gasteiger partial charge in [-0.05, 0) is 31.5 Å². The molecule has 6 heteroatoms. The van der Waals surface area contributed by atoms with Crippen molar-refractivity contribution in [1.29, 1.82) is 0 Å². The molecule has 3 rings (SSSR count). The van der Waals surface area contributed by atoms with Gasteiger partial charge in [0.2, 0.25) is 0 Å². The summed E-state index contributed by atoms with van der Waals surface area (Å²) >= 11 is 0. The minimum Gasteiger partial charge on any atom is -0.379 e. The lowest BCUT2D eigenvalue weighted by Crippen LogP contribution is -2.44. The first-order chi connectivity index (χ1) is 13.1. The number of rotatable bonds is 7. The van der Waals surface area contributed by atoms with Crippen LogP contribution in [0.3, 0.4) is 0 Å². The second-order valence-electron chi connectivity index (χ2n) is 7.34. The number of benzene rings is 1. The third-order valence-electron chi connectivity index (χ3n) is 5.32. The summed E-state index contributed by atoms with van der Waals surface area (Å²) in [5.41, 5.74) is 4.24. The van der Waals surface area contributed by atoms with E-state index in [1.807, 2.05) is 0 Å². The van der Waals surface area contributed by atoms with Gasteiger partial charge >= 0.3 is 0 Å². The number of para-hydroxylation sites is 1. The molecule has 1 N–H and O–H groups in total. The molecule has 6 nitrogen and oxygen atoms in total. The maximum Gasteiger partial charge on any atom is 0.271 e. The Hall–Kier alpha value is -2.34. The fourth-order valence-corrected chi connectivity index (χ4v) is 3.54. The first-order valence-electron chi connectivity index (χ1n) is 9.90. The van der Waals surface area contributed by atoms with Gasteiger partial charge in [0.1, 0.15) is 0 Å². The average molecular weight is 370 g/mol. The molecule has 2 aromatic rings. The molecule has 27 heavy (non-hydrogen) atoms. The Morgan fingerprint density at radius 1 is 1.11 bits per heavy atom. The predicted molar refractivity (Wildman–Crippen MR) is 112 cm³/mol. The lowest BCUT2D eigenvalue weighted by molar-refractivity contribution is 0.312. The first-order valence-corrected chi connectivity index (χ1v) is 9.90. The number of unbranched alkanes of at least 4 members (excludes halogenated alkanes) is 1. The van der Waals surface area contributed by atoms with E-state index in [0.717, 1.165) is 56.7 Å². The molecule has 1 aliphatic heterocycles. The monoisotopic (exact) mass is 369 g/mol. The quantitative estimate of drug-likeness (QED) is 0.813. The highest BCUT2D eigenvalue weighted by molar-refractivity contribution is 5.56. The summed E-state index contributed by atoms with van der Waals surface area (Å²) in [5.74, 6) is 0. The van der Waals surface area contributed by atoms with Gasteiger partial charge in [0.25, 0.3) is 5.56 Å². The van der Waals surface area contributed by atoms with Crippen LogP contribution in [0.5, 0.6) is 0 Å². The Kier molecular flexibility index (Phi) is 6.50. The summed E-state index contributed by atoms with van der Waals surface area (Å²) < 4.78 is 1.42. The molecular formula is C21H31N5O. The van der Waals surface area contributed by atoms with Gasteiger partial charge in [-0.2, -0.15) is 5.10 Å². The summed E-state index contributed by atoms with van der Waals surface area (Å²) in [7, 11) is 3.88. The molecule has 2 heterocycles. The second kappa shape index (κ2) is 9.04. The number of piperazine rings is 1. The number of hydrogen-bond acceptors (Lipinski definition) is 5. The molecule has 1 aromatic heterocycles. The van der Waals surface area contributed by atoms with Gasteiger partial charge in [-0.15, -0.1) is 0 Å². The van der Waals surface area contributed by atoms with Crippen LogP contribution in [0.4, 0.5) is 11.4 Å². The molecule has 0 aliphatic carbocycles. The summed E-state index contributed by atoms with van der Waals surface area (Å²) in [6.45, 7) is 7.09. The first kappa shape index (κ1) is 19.4. The van der Waals surface area contributed by atoms with E-state index in [1.165, 1.54) is 15.9 Å². The summed E-state index contributed by atoms with van der Waals surface area (Å²) in [6, 6.07) is 8.55. The number of aromatic nitrogens is 2. The molecule has 1 fully saturated rings. The number of nitrogens with one attached hydrogen (secondary N) is 1. The summed E-state index contributed by atoms with van der Waals surface area (Å²) in [5, 5.41) is 7.69. The largest absolute Gasteiger partial charge is 0.379 e. The van der Waals surface area contributed by atoms with E-state index in [9.17, 15) is 4.79 Å². The molecule has 1 aliphatic rings. The van der Waals surface area contributed by atoms with Crippen LogP contribution in [0.15, 0.2) is 35.3 Å². The number of likely N-dealkylation sites (N-methyl/N-ethyl adjacent to an activating group) is 1. The molecular weight excluding hydrogens is 338 g/mol. The van der Waals surface area contributed by atoms with Crippen LogP contribution < -0.4 is 15.8 Å². The maximum absolute atomic E-state index is 12.5. The van der Waals surface area contributed by atoms with E-state index in [4.69, 9.17) is 0 Å². The van der Waals surface area contributed by atoms with Gasteiger partial charge in [-0.25, -0.2) is 4.68 Å². The Labute approximate surface area is 161 Å². The molecule has 0 radical (unpaired) electrons. The minimum absolute atomic E-state index is 0.000743. The van der Waals surface area contributed by atoms with Crippen LogP contribution in [0, 0.1) is 0 Å². The highest BCUT2D eigenvalue weighted by atomic mass is 16.1. The number of anilines is 2. The van der Waals surface area contributed by atoms with Crippen molar-refractivity contribution in [2.24, 2.45) is 7.05 Å². The fourth-order valence-electron chi connectivity index (χ4n) is 3.54. The number of aryl methyl sites for hydroxylation is 1. The highest BCUT2D eigenvalue weighted by Crippen LogP contribution is 2.23. The summed E-state index contributed by atoms with van der Waals surface area (Å²) in [4.78, 5) is 17.3. The van der Waals surface area contributed by atoms with Crippen molar-refractivity contribution in [2.75, 3.05) is 43.4 Å². The van der Waals surface area contributed by atoms with Gasteiger partial charge in [0.15, 0.2) is 0 Å². The van der Waals surface area contributed by atoms with Gasteiger partial charge in [-0.3, -0.25) is 4.79 Å². The van der Waals surface area contributed by atoms with Crippen molar-refractivity contribution in [1.82, 2.24) is 14.7 Å². The topological polar surface area (TPSA) is 53.4 Å². The van der Waals surface area contributed by atoms with Crippen LogP contribution in [-0.4, -0.2) is 47.9 Å². The molecule has 1 saturated heterocycles. The SMILES string of the molecule is CCCCc1c(NCc2ccccc2N2CCN(C)CC2)cnn(C)c1=O. The zero-order valence-corrected chi connectivity index (χ0v) is 16.7. The minimum atomic E-state index is 0.000743. The van der Waals surface area contributed by atoms with Crippen LogP contribution in [0.25, 0.3) is 0 Å². The van der Waals surface area contributed by atoms with E-state index in [1.54, 1.807) is 13.2 Å². The number of hydrogen-bond donors (Lipinski definition) is 1. The molecule has 0 spiro atoms.